The highest BCUT2D eigenvalue weighted by molar-refractivity contribution is 5.96. The fraction of sp³-hybridized carbons (Fsp3) is 0.211. The number of rotatable bonds is 4. The summed E-state index contributed by atoms with van der Waals surface area (Å²) in [5.74, 6) is -2.06. The van der Waals surface area contributed by atoms with E-state index in [0.717, 1.165) is 17.7 Å². The second-order valence-electron chi connectivity index (χ2n) is 6.11. The summed E-state index contributed by atoms with van der Waals surface area (Å²) in [5, 5.41) is 0. The van der Waals surface area contributed by atoms with Crippen molar-refractivity contribution in [2.24, 2.45) is 5.92 Å². The number of nitrogens with one attached hydrogen (secondary N) is 2. The third kappa shape index (κ3) is 4.24. The van der Waals surface area contributed by atoms with Gasteiger partial charge in [-0.15, -0.1) is 0 Å². The van der Waals surface area contributed by atoms with Crippen molar-refractivity contribution in [1.82, 2.24) is 15.8 Å². The van der Waals surface area contributed by atoms with E-state index < -0.39 is 23.5 Å². The van der Waals surface area contributed by atoms with Crippen LogP contribution in [0.5, 0.6) is 0 Å². The van der Waals surface area contributed by atoms with Crippen molar-refractivity contribution in [1.29, 1.82) is 0 Å². The zero-order chi connectivity index (χ0) is 18.5. The maximum absolute atomic E-state index is 12.9. The Labute approximate surface area is 150 Å². The van der Waals surface area contributed by atoms with E-state index in [1.807, 2.05) is 30.3 Å². The molecule has 7 heteroatoms. The molecule has 2 aromatic carbocycles. The monoisotopic (exact) mass is 355 g/mol. The zero-order valence-corrected chi connectivity index (χ0v) is 13.9. The van der Waals surface area contributed by atoms with Gasteiger partial charge in [-0.25, -0.2) is 4.39 Å². The van der Waals surface area contributed by atoms with Crippen molar-refractivity contribution in [3.8, 4) is 0 Å². The summed E-state index contributed by atoms with van der Waals surface area (Å²) in [7, 11) is 0. The van der Waals surface area contributed by atoms with Gasteiger partial charge < -0.3 is 4.90 Å². The molecule has 2 aromatic rings. The van der Waals surface area contributed by atoms with Crippen LogP contribution in [0.25, 0.3) is 0 Å². The molecule has 0 aromatic heterocycles. The number of hydrogen-bond donors (Lipinski definition) is 2. The van der Waals surface area contributed by atoms with Crippen LogP contribution in [0, 0.1) is 11.7 Å². The maximum Gasteiger partial charge on any atom is 0.269 e. The molecule has 26 heavy (non-hydrogen) atoms. The van der Waals surface area contributed by atoms with E-state index in [-0.39, 0.29) is 17.9 Å². The van der Waals surface area contributed by atoms with Gasteiger partial charge in [0.1, 0.15) is 5.82 Å². The Hall–Kier alpha value is -3.22. The van der Waals surface area contributed by atoms with Gasteiger partial charge in [0, 0.05) is 25.1 Å². The van der Waals surface area contributed by atoms with Crippen molar-refractivity contribution in [2.45, 2.75) is 13.0 Å². The molecule has 1 aliphatic rings. The van der Waals surface area contributed by atoms with E-state index >= 15 is 0 Å². The van der Waals surface area contributed by atoms with Gasteiger partial charge in [-0.05, 0) is 29.8 Å². The van der Waals surface area contributed by atoms with Crippen molar-refractivity contribution >= 4 is 17.7 Å². The van der Waals surface area contributed by atoms with E-state index in [9.17, 15) is 18.8 Å². The third-order valence-corrected chi connectivity index (χ3v) is 4.21. The van der Waals surface area contributed by atoms with Gasteiger partial charge in [0.15, 0.2) is 0 Å². The number of carbonyl (C=O) groups excluding carboxylic acids is 3. The molecule has 0 radical (unpaired) electrons. The summed E-state index contributed by atoms with van der Waals surface area (Å²) in [6, 6.07) is 14.5. The molecule has 1 atom stereocenters. The molecule has 1 fully saturated rings. The predicted molar refractivity (Wildman–Crippen MR) is 92.0 cm³/mol. The lowest BCUT2D eigenvalue weighted by atomic mass is 10.1. The van der Waals surface area contributed by atoms with Gasteiger partial charge in [-0.3, -0.25) is 25.2 Å². The molecule has 1 saturated heterocycles. The lowest BCUT2D eigenvalue weighted by molar-refractivity contribution is -0.129. The van der Waals surface area contributed by atoms with Crippen LogP contribution in [0.4, 0.5) is 4.39 Å². The summed E-state index contributed by atoms with van der Waals surface area (Å²) >= 11 is 0. The predicted octanol–water partition coefficient (Wildman–Crippen LogP) is 1.64. The smallest absolute Gasteiger partial charge is 0.269 e. The summed E-state index contributed by atoms with van der Waals surface area (Å²) in [6.45, 7) is 0.747. The first-order valence-corrected chi connectivity index (χ1v) is 8.20. The fourth-order valence-electron chi connectivity index (χ4n) is 2.80. The van der Waals surface area contributed by atoms with E-state index in [0.29, 0.717) is 13.1 Å². The molecule has 2 N–H and O–H groups in total. The summed E-state index contributed by atoms with van der Waals surface area (Å²) in [5.41, 5.74) is 5.83. The van der Waals surface area contributed by atoms with Crippen LogP contribution in [0.3, 0.4) is 0 Å². The Morgan fingerprint density at radius 1 is 1.04 bits per heavy atom. The SMILES string of the molecule is O=C(NNC(=O)[C@@H]1CC(=O)N(Cc2ccccc2)C1)c1ccc(F)cc1. The number of hydrazine groups is 1. The second kappa shape index (κ2) is 7.77. The summed E-state index contributed by atoms with van der Waals surface area (Å²) < 4.78 is 12.9. The van der Waals surface area contributed by atoms with Crippen molar-refractivity contribution in [2.75, 3.05) is 6.54 Å². The van der Waals surface area contributed by atoms with Crippen LogP contribution < -0.4 is 10.9 Å². The molecule has 0 aliphatic carbocycles. The van der Waals surface area contributed by atoms with E-state index in [1.54, 1.807) is 4.90 Å². The minimum absolute atomic E-state index is 0.0983. The van der Waals surface area contributed by atoms with Gasteiger partial charge in [0.2, 0.25) is 11.8 Å². The largest absolute Gasteiger partial charge is 0.338 e. The highest BCUT2D eigenvalue weighted by Gasteiger charge is 2.34. The van der Waals surface area contributed by atoms with Crippen LogP contribution in [-0.2, 0) is 16.1 Å². The Morgan fingerprint density at radius 3 is 2.42 bits per heavy atom. The Kier molecular flexibility index (Phi) is 5.26. The second-order valence-corrected chi connectivity index (χ2v) is 6.11. The van der Waals surface area contributed by atoms with Crippen LogP contribution in [0.2, 0.25) is 0 Å². The Bertz CT molecular complexity index is 809. The molecular weight excluding hydrogens is 337 g/mol. The lowest BCUT2D eigenvalue weighted by Crippen LogP contribution is -2.45. The van der Waals surface area contributed by atoms with Crippen LogP contribution >= 0.6 is 0 Å². The summed E-state index contributed by atoms with van der Waals surface area (Å²) in [4.78, 5) is 37.9. The highest BCUT2D eigenvalue weighted by atomic mass is 19.1. The van der Waals surface area contributed by atoms with Crippen molar-refractivity contribution in [3.05, 3.63) is 71.5 Å². The number of halogens is 1. The molecule has 0 bridgehead atoms. The molecule has 0 saturated carbocycles. The minimum atomic E-state index is -0.552. The quantitative estimate of drug-likeness (QED) is 0.819. The molecule has 6 nitrogen and oxygen atoms in total. The first kappa shape index (κ1) is 17.6. The number of carbonyl (C=O) groups is 3. The number of nitrogens with zero attached hydrogens (tertiary/aromatic N) is 1. The first-order chi connectivity index (χ1) is 12.5. The average molecular weight is 355 g/mol. The van der Waals surface area contributed by atoms with Crippen molar-refractivity contribution < 1.29 is 18.8 Å². The lowest BCUT2D eigenvalue weighted by Gasteiger charge is -2.16. The molecule has 3 rings (SSSR count). The number of likely N-dealkylation sites (tertiary alicyclic amines) is 1. The standard InChI is InChI=1S/C19H18FN3O3/c20-16-8-6-14(7-9-16)18(25)21-22-19(26)15-10-17(24)23(12-15)11-13-4-2-1-3-5-13/h1-9,15H,10-12H2,(H,21,25)(H,22,26)/t15-/m1/s1. The molecular formula is C19H18FN3O3. The topological polar surface area (TPSA) is 78.5 Å². The van der Waals surface area contributed by atoms with Gasteiger partial charge in [0.25, 0.3) is 5.91 Å². The Balaban J connectivity index is 1.51. The number of benzene rings is 2. The number of amides is 3. The number of hydrogen-bond acceptors (Lipinski definition) is 3. The molecule has 134 valence electrons. The highest BCUT2D eigenvalue weighted by Crippen LogP contribution is 2.20. The average Bonchev–Trinajstić information content (AvgIpc) is 3.01. The normalized spacial score (nSPS) is 16.4. The van der Waals surface area contributed by atoms with Crippen molar-refractivity contribution in [3.63, 3.8) is 0 Å². The van der Waals surface area contributed by atoms with E-state index in [2.05, 4.69) is 10.9 Å². The minimum Gasteiger partial charge on any atom is -0.338 e. The van der Waals surface area contributed by atoms with Gasteiger partial charge in [0.05, 0.1) is 5.92 Å². The van der Waals surface area contributed by atoms with Gasteiger partial charge >= 0.3 is 0 Å². The first-order valence-electron chi connectivity index (χ1n) is 8.20. The van der Waals surface area contributed by atoms with E-state index in [4.69, 9.17) is 0 Å². The van der Waals surface area contributed by atoms with Crippen LogP contribution in [0.15, 0.2) is 54.6 Å². The molecule has 1 aliphatic heterocycles. The molecule has 1 heterocycles. The van der Waals surface area contributed by atoms with Gasteiger partial charge in [-0.1, -0.05) is 30.3 Å². The maximum atomic E-state index is 12.9. The van der Waals surface area contributed by atoms with Crippen LogP contribution in [-0.4, -0.2) is 29.2 Å². The van der Waals surface area contributed by atoms with Gasteiger partial charge in [-0.2, -0.15) is 0 Å². The molecule has 0 spiro atoms. The van der Waals surface area contributed by atoms with Crippen LogP contribution in [0.1, 0.15) is 22.3 Å². The molecule has 0 unspecified atom stereocenters. The third-order valence-electron chi connectivity index (χ3n) is 4.21. The molecule has 3 amide bonds. The zero-order valence-electron chi connectivity index (χ0n) is 13.9. The Morgan fingerprint density at radius 2 is 1.73 bits per heavy atom. The van der Waals surface area contributed by atoms with E-state index in [1.165, 1.54) is 12.1 Å². The fourth-order valence-corrected chi connectivity index (χ4v) is 2.80. The summed E-state index contributed by atoms with van der Waals surface area (Å²) in [6.07, 6.45) is 0.102.